The monoisotopic (exact) mass is 341 g/mol. The van der Waals surface area contributed by atoms with Crippen LogP contribution in [0.15, 0.2) is 46.9 Å². The number of carbonyl (C=O) groups excluding carboxylic acids is 1. The van der Waals surface area contributed by atoms with Gasteiger partial charge in [0, 0.05) is 15.5 Å². The predicted octanol–water partition coefficient (Wildman–Crippen LogP) is 3.03. The van der Waals surface area contributed by atoms with Crippen LogP contribution >= 0.6 is 15.9 Å². The van der Waals surface area contributed by atoms with Crippen molar-refractivity contribution < 1.29 is 4.79 Å². The van der Waals surface area contributed by atoms with Crippen LogP contribution < -0.4 is 11.1 Å². The van der Waals surface area contributed by atoms with Gasteiger partial charge in [-0.1, -0.05) is 28.1 Å². The van der Waals surface area contributed by atoms with Gasteiger partial charge in [-0.3, -0.25) is 4.79 Å². The molecular weight excluding hydrogens is 332 g/mol. The van der Waals surface area contributed by atoms with Crippen LogP contribution in [0.5, 0.6) is 0 Å². The largest absolute Gasteiger partial charge is 0.363 e. The Balaban J connectivity index is 2.13. The van der Waals surface area contributed by atoms with Gasteiger partial charge in [0.1, 0.15) is 5.82 Å². The molecule has 0 aliphatic carbocycles. The molecule has 3 aromatic rings. The molecule has 5 nitrogen and oxygen atoms in total. The van der Waals surface area contributed by atoms with Gasteiger partial charge in [0.25, 0.3) is 5.91 Å². The Morgan fingerprint density at radius 2 is 2.14 bits per heavy atom. The summed E-state index contributed by atoms with van der Waals surface area (Å²) in [5, 5.41) is 3.94. The molecule has 3 rings (SSSR count). The number of carbonyl (C=O) groups is 1. The number of hydrogen-bond donors (Lipinski definition) is 2. The van der Waals surface area contributed by atoms with E-state index >= 15 is 0 Å². The van der Waals surface area contributed by atoms with Crippen LogP contribution in [0.2, 0.25) is 0 Å². The average Bonchev–Trinajstić information content (AvgIpc) is 2.47. The lowest BCUT2D eigenvalue weighted by Crippen LogP contribution is -2.16. The van der Waals surface area contributed by atoms with Crippen LogP contribution in [-0.2, 0) is 0 Å². The average molecular weight is 342 g/mol. The summed E-state index contributed by atoms with van der Waals surface area (Å²) in [6, 6.07) is 15.9. The van der Waals surface area contributed by atoms with Gasteiger partial charge in [0.2, 0.25) is 5.82 Å². The second-order valence-corrected chi connectivity index (χ2v) is 5.25. The lowest BCUT2D eigenvalue weighted by atomic mass is 10.2. The van der Waals surface area contributed by atoms with Gasteiger partial charge in [-0.05, 0) is 36.4 Å². The molecule has 103 valence electrons. The number of anilines is 2. The standard InChI is InChI=1S/C15H10BrN4O/c16-9-4-3-5-10(8-9)18-14-11-6-1-2-7-12(11)19-15(20-14)13(17)21/h2-8H,(H2,17,21)(H,18,19,20). The fraction of sp³-hybridized carbons (Fsp3) is 0. The Bertz CT molecular complexity index is 835. The van der Waals surface area contributed by atoms with E-state index in [1.54, 1.807) is 18.2 Å². The van der Waals surface area contributed by atoms with Gasteiger partial charge < -0.3 is 11.1 Å². The Morgan fingerprint density at radius 3 is 2.90 bits per heavy atom. The first-order valence-corrected chi connectivity index (χ1v) is 6.93. The summed E-state index contributed by atoms with van der Waals surface area (Å²) in [4.78, 5) is 19.7. The van der Waals surface area contributed by atoms with Crippen LogP contribution in [-0.4, -0.2) is 15.9 Å². The number of hydrogen-bond acceptors (Lipinski definition) is 4. The summed E-state index contributed by atoms with van der Waals surface area (Å²) in [7, 11) is 0. The van der Waals surface area contributed by atoms with Gasteiger partial charge >= 0.3 is 0 Å². The van der Waals surface area contributed by atoms with Crippen LogP contribution in [0, 0.1) is 6.07 Å². The van der Waals surface area contributed by atoms with E-state index in [4.69, 9.17) is 5.73 Å². The van der Waals surface area contributed by atoms with Gasteiger partial charge in [0.05, 0.1) is 5.52 Å². The molecule has 0 atom stereocenters. The third-order valence-electron chi connectivity index (χ3n) is 2.85. The first-order chi connectivity index (χ1) is 10.1. The van der Waals surface area contributed by atoms with Crippen molar-refractivity contribution in [2.24, 2.45) is 5.73 Å². The summed E-state index contributed by atoms with van der Waals surface area (Å²) in [6.07, 6.45) is 0. The second-order valence-electron chi connectivity index (χ2n) is 4.34. The zero-order chi connectivity index (χ0) is 14.8. The number of fused-ring (bicyclic) bond motifs is 1. The summed E-state index contributed by atoms with van der Waals surface area (Å²) in [6.45, 7) is 0. The smallest absolute Gasteiger partial charge is 0.286 e. The lowest BCUT2D eigenvalue weighted by molar-refractivity contribution is 0.0991. The van der Waals surface area contributed by atoms with E-state index in [1.165, 1.54) is 0 Å². The van der Waals surface area contributed by atoms with E-state index in [2.05, 4.69) is 37.3 Å². The molecule has 0 saturated heterocycles. The molecule has 0 unspecified atom stereocenters. The molecule has 3 N–H and O–H groups in total. The lowest BCUT2D eigenvalue weighted by Gasteiger charge is -2.10. The summed E-state index contributed by atoms with van der Waals surface area (Å²) < 4.78 is 0.938. The molecule has 0 saturated carbocycles. The first-order valence-electron chi connectivity index (χ1n) is 6.14. The first kappa shape index (κ1) is 13.5. The minimum atomic E-state index is -0.665. The highest BCUT2D eigenvalue weighted by atomic mass is 79.9. The fourth-order valence-electron chi connectivity index (χ4n) is 1.92. The molecule has 0 bridgehead atoms. The van der Waals surface area contributed by atoms with E-state index in [0.717, 1.165) is 15.5 Å². The van der Waals surface area contributed by atoms with E-state index < -0.39 is 5.91 Å². The number of amides is 1. The van der Waals surface area contributed by atoms with E-state index in [0.29, 0.717) is 11.3 Å². The molecule has 21 heavy (non-hydrogen) atoms. The van der Waals surface area contributed by atoms with E-state index in [9.17, 15) is 4.79 Å². The maximum absolute atomic E-state index is 11.4. The molecule has 6 heteroatoms. The number of halogens is 1. The van der Waals surface area contributed by atoms with Crippen molar-refractivity contribution in [1.29, 1.82) is 0 Å². The molecule has 0 aliphatic heterocycles. The van der Waals surface area contributed by atoms with Crippen molar-refractivity contribution in [2.75, 3.05) is 5.32 Å². The maximum atomic E-state index is 11.4. The fourth-order valence-corrected chi connectivity index (χ4v) is 2.32. The third kappa shape index (κ3) is 2.85. The number of rotatable bonds is 3. The van der Waals surface area contributed by atoms with Crippen LogP contribution in [0.4, 0.5) is 11.5 Å². The topological polar surface area (TPSA) is 80.9 Å². The van der Waals surface area contributed by atoms with Gasteiger partial charge in [0.15, 0.2) is 0 Å². The highest BCUT2D eigenvalue weighted by Crippen LogP contribution is 2.25. The molecule has 1 amide bonds. The third-order valence-corrected chi connectivity index (χ3v) is 3.34. The molecular formula is C15H10BrN4O. The quantitative estimate of drug-likeness (QED) is 0.767. The highest BCUT2D eigenvalue weighted by Gasteiger charge is 2.11. The van der Waals surface area contributed by atoms with Crippen molar-refractivity contribution in [3.63, 3.8) is 0 Å². The Labute approximate surface area is 129 Å². The Morgan fingerprint density at radius 1 is 1.29 bits per heavy atom. The van der Waals surface area contributed by atoms with E-state index in [1.807, 2.05) is 24.3 Å². The minimum Gasteiger partial charge on any atom is -0.363 e. The SMILES string of the molecule is NC(=O)c1nc(Nc2cccc(Br)c2)c2c[c]ccc2n1. The summed E-state index contributed by atoms with van der Waals surface area (Å²) >= 11 is 3.41. The molecule has 0 fully saturated rings. The molecule has 2 aromatic carbocycles. The van der Waals surface area contributed by atoms with Crippen molar-refractivity contribution in [3.05, 3.63) is 58.8 Å². The molecule has 0 aliphatic rings. The second kappa shape index (κ2) is 5.49. The van der Waals surface area contributed by atoms with E-state index in [-0.39, 0.29) is 5.82 Å². The predicted molar refractivity (Wildman–Crippen MR) is 84.3 cm³/mol. The van der Waals surface area contributed by atoms with Crippen LogP contribution in [0.1, 0.15) is 10.6 Å². The molecule has 1 radical (unpaired) electrons. The Hall–Kier alpha value is -2.47. The number of benzene rings is 2. The summed E-state index contributed by atoms with van der Waals surface area (Å²) in [5.74, 6) is -0.169. The zero-order valence-corrected chi connectivity index (χ0v) is 12.4. The van der Waals surface area contributed by atoms with Crippen LogP contribution in [0.25, 0.3) is 10.9 Å². The van der Waals surface area contributed by atoms with Gasteiger partial charge in [-0.25, -0.2) is 9.97 Å². The van der Waals surface area contributed by atoms with Crippen molar-refractivity contribution in [1.82, 2.24) is 9.97 Å². The molecule has 1 aromatic heterocycles. The number of aromatic nitrogens is 2. The number of nitrogens with zero attached hydrogens (tertiary/aromatic N) is 2. The van der Waals surface area contributed by atoms with Crippen molar-refractivity contribution in [3.8, 4) is 0 Å². The van der Waals surface area contributed by atoms with Crippen molar-refractivity contribution in [2.45, 2.75) is 0 Å². The normalized spacial score (nSPS) is 10.5. The summed E-state index contributed by atoms with van der Waals surface area (Å²) in [5.41, 5.74) is 6.76. The van der Waals surface area contributed by atoms with Crippen molar-refractivity contribution >= 4 is 44.2 Å². The Kier molecular flexibility index (Phi) is 3.53. The molecule has 0 spiro atoms. The van der Waals surface area contributed by atoms with Gasteiger partial charge in [-0.2, -0.15) is 0 Å². The highest BCUT2D eigenvalue weighted by molar-refractivity contribution is 9.10. The number of nitrogens with one attached hydrogen (secondary N) is 1. The molecule has 1 heterocycles. The number of nitrogens with two attached hydrogens (primary N) is 1. The number of primary amides is 1. The minimum absolute atomic E-state index is 0.0220. The van der Waals surface area contributed by atoms with Gasteiger partial charge in [-0.15, -0.1) is 0 Å². The zero-order valence-electron chi connectivity index (χ0n) is 10.8. The maximum Gasteiger partial charge on any atom is 0.286 e. The van der Waals surface area contributed by atoms with Crippen LogP contribution in [0.3, 0.4) is 0 Å².